The van der Waals surface area contributed by atoms with Crippen LogP contribution in [0.3, 0.4) is 0 Å². The molecule has 0 radical (unpaired) electrons. The zero-order valence-electron chi connectivity index (χ0n) is 11.8. The van der Waals surface area contributed by atoms with Gasteiger partial charge in [-0.25, -0.2) is 0 Å². The maximum atomic E-state index is 10.0. The summed E-state index contributed by atoms with van der Waals surface area (Å²) in [4.78, 5) is 0. The molecule has 1 unspecified atom stereocenters. The van der Waals surface area contributed by atoms with E-state index in [0.717, 1.165) is 16.7 Å². The summed E-state index contributed by atoms with van der Waals surface area (Å²) in [6.45, 7) is 12.5. The molecule has 1 atom stereocenters. The number of rotatable bonds is 2. The van der Waals surface area contributed by atoms with Crippen molar-refractivity contribution in [2.24, 2.45) is 11.7 Å². The minimum absolute atomic E-state index is 0.0247. The summed E-state index contributed by atoms with van der Waals surface area (Å²) in [5, 5.41) is 10.0. The number of nitrogens with two attached hydrogens (primary N) is 1. The third-order valence-corrected chi connectivity index (χ3v) is 3.27. The van der Waals surface area contributed by atoms with Crippen LogP contribution in [-0.4, -0.2) is 5.11 Å². The number of hydrogen-bond donors (Lipinski definition) is 2. The first kappa shape index (κ1) is 14.0. The van der Waals surface area contributed by atoms with Gasteiger partial charge >= 0.3 is 0 Å². The van der Waals surface area contributed by atoms with Crippen LogP contribution in [-0.2, 0) is 5.41 Å². The molecule has 1 aromatic rings. The first-order valence-corrected chi connectivity index (χ1v) is 6.24. The molecule has 0 aromatic heterocycles. The van der Waals surface area contributed by atoms with Crippen LogP contribution in [0.25, 0.3) is 0 Å². The van der Waals surface area contributed by atoms with Crippen LogP contribution < -0.4 is 5.73 Å². The van der Waals surface area contributed by atoms with Crippen molar-refractivity contribution in [3.8, 4) is 5.75 Å². The Morgan fingerprint density at radius 3 is 2.12 bits per heavy atom. The Labute approximate surface area is 105 Å². The minimum Gasteiger partial charge on any atom is -0.508 e. The first-order valence-electron chi connectivity index (χ1n) is 6.24. The van der Waals surface area contributed by atoms with Gasteiger partial charge in [0.25, 0.3) is 0 Å². The molecule has 0 spiro atoms. The molecule has 1 aromatic carbocycles. The molecule has 1 rings (SSSR count). The van der Waals surface area contributed by atoms with Crippen molar-refractivity contribution >= 4 is 0 Å². The molecular weight excluding hydrogens is 210 g/mol. The smallest absolute Gasteiger partial charge is 0.119 e. The summed E-state index contributed by atoms with van der Waals surface area (Å²) in [6.07, 6.45) is 0. The Bertz CT molecular complexity index is 402. The molecule has 0 fully saturated rings. The predicted octanol–water partition coefficient (Wildman–Crippen LogP) is 3.65. The van der Waals surface area contributed by atoms with Gasteiger partial charge in [-0.05, 0) is 47.1 Å². The Balaban J connectivity index is 3.34. The highest BCUT2D eigenvalue weighted by Gasteiger charge is 2.22. The number of phenolic OH excluding ortho intramolecular Hbond substituents is 1. The van der Waals surface area contributed by atoms with E-state index in [1.54, 1.807) is 0 Å². The van der Waals surface area contributed by atoms with E-state index in [-0.39, 0.29) is 11.5 Å². The van der Waals surface area contributed by atoms with Crippen LogP contribution in [0, 0.1) is 12.8 Å². The highest BCUT2D eigenvalue weighted by molar-refractivity contribution is 5.45. The number of aryl methyl sites for hydroxylation is 1. The lowest BCUT2D eigenvalue weighted by molar-refractivity contribution is 0.443. The number of benzene rings is 1. The summed E-state index contributed by atoms with van der Waals surface area (Å²) >= 11 is 0. The Hall–Kier alpha value is -1.02. The molecule has 0 saturated heterocycles. The van der Waals surface area contributed by atoms with E-state index in [0.29, 0.717) is 11.7 Å². The highest BCUT2D eigenvalue weighted by Crippen LogP contribution is 2.35. The van der Waals surface area contributed by atoms with Crippen molar-refractivity contribution in [2.45, 2.75) is 53.0 Å². The van der Waals surface area contributed by atoms with E-state index in [4.69, 9.17) is 5.73 Å². The van der Waals surface area contributed by atoms with Gasteiger partial charge in [0.05, 0.1) is 0 Å². The molecule has 2 nitrogen and oxygen atoms in total. The van der Waals surface area contributed by atoms with Crippen molar-refractivity contribution in [1.29, 1.82) is 0 Å². The third-order valence-electron chi connectivity index (χ3n) is 3.27. The second-order valence-corrected chi connectivity index (χ2v) is 6.25. The summed E-state index contributed by atoms with van der Waals surface area (Å²) in [7, 11) is 0. The van der Waals surface area contributed by atoms with Crippen molar-refractivity contribution in [3.05, 3.63) is 28.8 Å². The third kappa shape index (κ3) is 3.01. The fraction of sp³-hybridized carbons (Fsp3) is 0.600. The molecule has 0 aliphatic heterocycles. The van der Waals surface area contributed by atoms with Gasteiger partial charge in [-0.15, -0.1) is 0 Å². The topological polar surface area (TPSA) is 46.2 Å². The molecule has 0 aliphatic rings. The Morgan fingerprint density at radius 1 is 1.18 bits per heavy atom. The van der Waals surface area contributed by atoms with Gasteiger partial charge in [0.1, 0.15) is 5.75 Å². The normalized spacial score (nSPS) is 14.1. The SMILES string of the molecule is Cc1cc(O)c(C(C)(C)C)cc1C(N)C(C)C. The summed E-state index contributed by atoms with van der Waals surface area (Å²) in [5.41, 5.74) is 9.33. The van der Waals surface area contributed by atoms with Gasteiger partial charge in [-0.3, -0.25) is 0 Å². The fourth-order valence-electron chi connectivity index (χ4n) is 2.03. The lowest BCUT2D eigenvalue weighted by Gasteiger charge is -2.25. The Kier molecular flexibility index (Phi) is 3.88. The van der Waals surface area contributed by atoms with Crippen molar-refractivity contribution in [1.82, 2.24) is 0 Å². The number of hydrogen-bond acceptors (Lipinski definition) is 2. The summed E-state index contributed by atoms with van der Waals surface area (Å²) in [5.74, 6) is 0.765. The standard InChI is InChI=1S/C15H25NO/c1-9(2)14(16)11-8-12(15(4,5)6)13(17)7-10(11)3/h7-9,14,17H,16H2,1-6H3. The van der Waals surface area contributed by atoms with Crippen LogP contribution in [0.4, 0.5) is 0 Å². The predicted molar refractivity (Wildman–Crippen MR) is 73.3 cm³/mol. The molecule has 0 bridgehead atoms. The monoisotopic (exact) mass is 235 g/mol. The Morgan fingerprint density at radius 2 is 1.71 bits per heavy atom. The molecular formula is C15H25NO. The largest absolute Gasteiger partial charge is 0.508 e. The van der Waals surface area contributed by atoms with Crippen molar-refractivity contribution in [2.75, 3.05) is 0 Å². The molecule has 96 valence electrons. The van der Waals surface area contributed by atoms with Crippen molar-refractivity contribution < 1.29 is 5.11 Å². The molecule has 0 heterocycles. The molecule has 0 saturated carbocycles. The molecule has 17 heavy (non-hydrogen) atoms. The van der Waals surface area contributed by atoms with Gasteiger partial charge in [-0.1, -0.05) is 34.6 Å². The quantitative estimate of drug-likeness (QED) is 0.822. The van der Waals surface area contributed by atoms with Crippen molar-refractivity contribution in [3.63, 3.8) is 0 Å². The van der Waals surface area contributed by atoms with Gasteiger partial charge in [0.2, 0.25) is 0 Å². The van der Waals surface area contributed by atoms with Crippen LogP contribution in [0.2, 0.25) is 0 Å². The average molecular weight is 235 g/mol. The van der Waals surface area contributed by atoms with Crippen LogP contribution in [0.5, 0.6) is 5.75 Å². The minimum atomic E-state index is -0.0662. The van der Waals surface area contributed by atoms with E-state index in [9.17, 15) is 5.11 Å². The van der Waals surface area contributed by atoms with Crippen LogP contribution >= 0.6 is 0 Å². The fourth-order valence-corrected chi connectivity index (χ4v) is 2.03. The maximum Gasteiger partial charge on any atom is 0.119 e. The zero-order valence-corrected chi connectivity index (χ0v) is 11.8. The molecule has 2 heteroatoms. The lowest BCUT2D eigenvalue weighted by atomic mass is 9.82. The van der Waals surface area contributed by atoms with E-state index >= 15 is 0 Å². The average Bonchev–Trinajstić information content (AvgIpc) is 2.14. The van der Waals surface area contributed by atoms with Gasteiger partial charge in [0, 0.05) is 6.04 Å². The summed E-state index contributed by atoms with van der Waals surface area (Å²) < 4.78 is 0. The molecule has 0 amide bonds. The van der Waals surface area contributed by atoms with Crippen LogP contribution in [0.15, 0.2) is 12.1 Å². The van der Waals surface area contributed by atoms with E-state index in [1.807, 2.05) is 13.0 Å². The van der Waals surface area contributed by atoms with Gasteiger partial charge < -0.3 is 10.8 Å². The lowest BCUT2D eigenvalue weighted by Crippen LogP contribution is -2.20. The molecule has 0 aliphatic carbocycles. The number of phenols is 1. The molecule has 3 N–H and O–H groups in total. The zero-order chi connectivity index (χ0) is 13.4. The summed E-state index contributed by atoms with van der Waals surface area (Å²) in [6, 6.07) is 3.92. The second-order valence-electron chi connectivity index (χ2n) is 6.25. The second kappa shape index (κ2) is 4.69. The van der Waals surface area contributed by atoms with E-state index < -0.39 is 0 Å². The van der Waals surface area contributed by atoms with Gasteiger partial charge in [0.15, 0.2) is 0 Å². The van der Waals surface area contributed by atoms with E-state index in [1.165, 1.54) is 0 Å². The maximum absolute atomic E-state index is 10.0. The highest BCUT2D eigenvalue weighted by atomic mass is 16.3. The number of aromatic hydroxyl groups is 1. The van der Waals surface area contributed by atoms with Gasteiger partial charge in [-0.2, -0.15) is 0 Å². The van der Waals surface area contributed by atoms with E-state index in [2.05, 4.69) is 40.7 Å². The van der Waals surface area contributed by atoms with Crippen LogP contribution in [0.1, 0.15) is 57.4 Å². The first-order chi connectivity index (χ1) is 7.64.